The Kier molecular flexibility index (Phi) is 3.98. The third-order valence-corrected chi connectivity index (χ3v) is 3.03. The summed E-state index contributed by atoms with van der Waals surface area (Å²) in [4.78, 5) is 11.7. The lowest BCUT2D eigenvalue weighted by molar-refractivity contribution is 0.512. The molecule has 1 aromatic heterocycles. The number of hydrogen-bond donors (Lipinski definition) is 0. The normalized spacial score (nSPS) is 10.6. The van der Waals surface area contributed by atoms with E-state index < -0.39 is 0 Å². The molecule has 0 saturated carbocycles. The summed E-state index contributed by atoms with van der Waals surface area (Å²) in [7, 11) is 0. The Balaban J connectivity index is 2.50. The Morgan fingerprint density at radius 2 is 1.89 bits per heavy atom. The molecule has 0 spiro atoms. The Morgan fingerprint density at radius 3 is 2.56 bits per heavy atom. The zero-order valence-electron chi connectivity index (χ0n) is 10.9. The molecular formula is C16H18O2. The van der Waals surface area contributed by atoms with Crippen LogP contribution in [0, 0.1) is 6.92 Å². The second kappa shape index (κ2) is 5.67. The van der Waals surface area contributed by atoms with Crippen LogP contribution in [0.1, 0.15) is 30.9 Å². The average Bonchev–Trinajstić information content (AvgIpc) is 2.40. The zero-order chi connectivity index (χ0) is 13.0. The lowest BCUT2D eigenvalue weighted by Gasteiger charge is -2.08. The molecule has 18 heavy (non-hydrogen) atoms. The maximum absolute atomic E-state index is 11.7. The zero-order valence-corrected chi connectivity index (χ0v) is 10.9. The van der Waals surface area contributed by atoms with Crippen LogP contribution in [0.2, 0.25) is 0 Å². The molecular weight excluding hydrogens is 224 g/mol. The van der Waals surface area contributed by atoms with Crippen molar-refractivity contribution in [1.82, 2.24) is 0 Å². The molecule has 1 heterocycles. The summed E-state index contributed by atoms with van der Waals surface area (Å²) in [5.41, 5.74) is 2.54. The molecule has 0 N–H and O–H groups in total. The molecule has 0 atom stereocenters. The first-order chi connectivity index (χ1) is 8.72. The minimum absolute atomic E-state index is 0.242. The van der Waals surface area contributed by atoms with Crippen LogP contribution in [-0.4, -0.2) is 0 Å². The van der Waals surface area contributed by atoms with E-state index in [9.17, 15) is 4.79 Å². The van der Waals surface area contributed by atoms with Gasteiger partial charge in [0.05, 0.1) is 0 Å². The van der Waals surface area contributed by atoms with Gasteiger partial charge in [0.15, 0.2) is 0 Å². The molecule has 0 aliphatic heterocycles. The van der Waals surface area contributed by atoms with Gasteiger partial charge in [-0.2, -0.15) is 0 Å². The summed E-state index contributed by atoms with van der Waals surface area (Å²) >= 11 is 0. The number of hydrogen-bond acceptors (Lipinski definition) is 2. The maximum Gasteiger partial charge on any atom is 0.339 e. The molecule has 2 heteroatoms. The fourth-order valence-corrected chi connectivity index (χ4v) is 2.01. The van der Waals surface area contributed by atoms with E-state index in [-0.39, 0.29) is 5.63 Å². The molecule has 0 radical (unpaired) electrons. The molecule has 0 aliphatic rings. The molecule has 0 saturated heterocycles. The van der Waals surface area contributed by atoms with Crippen LogP contribution < -0.4 is 5.63 Å². The van der Waals surface area contributed by atoms with Crippen LogP contribution in [0.5, 0.6) is 0 Å². The van der Waals surface area contributed by atoms with Gasteiger partial charge in [0.25, 0.3) is 0 Å². The van der Waals surface area contributed by atoms with Crippen molar-refractivity contribution >= 4 is 0 Å². The topological polar surface area (TPSA) is 30.2 Å². The van der Waals surface area contributed by atoms with Crippen molar-refractivity contribution in [1.29, 1.82) is 0 Å². The van der Waals surface area contributed by atoms with Gasteiger partial charge in [0.2, 0.25) is 0 Å². The van der Waals surface area contributed by atoms with E-state index in [4.69, 9.17) is 4.42 Å². The molecule has 94 valence electrons. The average molecular weight is 242 g/mol. The predicted octanol–water partition coefficient (Wildman–Crippen LogP) is 3.96. The minimum atomic E-state index is -0.242. The van der Waals surface area contributed by atoms with Crippen LogP contribution >= 0.6 is 0 Å². The van der Waals surface area contributed by atoms with Crippen LogP contribution in [0.3, 0.4) is 0 Å². The molecule has 0 fully saturated rings. The fraction of sp³-hybridized carbons (Fsp3) is 0.312. The maximum atomic E-state index is 11.7. The first kappa shape index (κ1) is 12.6. The van der Waals surface area contributed by atoms with Crippen molar-refractivity contribution in [3.63, 3.8) is 0 Å². The molecule has 2 aromatic rings. The molecule has 0 amide bonds. The van der Waals surface area contributed by atoms with E-state index in [0.717, 1.165) is 36.1 Å². The summed E-state index contributed by atoms with van der Waals surface area (Å²) in [5.74, 6) is 0.722. The molecule has 0 unspecified atom stereocenters. The van der Waals surface area contributed by atoms with Crippen molar-refractivity contribution in [2.75, 3.05) is 0 Å². The number of rotatable bonds is 4. The van der Waals surface area contributed by atoms with Crippen LogP contribution in [0.25, 0.3) is 11.3 Å². The third kappa shape index (κ3) is 2.70. The van der Waals surface area contributed by atoms with Gasteiger partial charge in [-0.05, 0) is 31.4 Å². The van der Waals surface area contributed by atoms with Gasteiger partial charge in [-0.1, -0.05) is 43.7 Å². The van der Waals surface area contributed by atoms with Crippen molar-refractivity contribution in [2.24, 2.45) is 0 Å². The Morgan fingerprint density at radius 1 is 1.17 bits per heavy atom. The summed E-state index contributed by atoms with van der Waals surface area (Å²) < 4.78 is 5.47. The molecule has 1 aromatic carbocycles. The fourth-order valence-electron chi connectivity index (χ4n) is 2.01. The second-order valence-corrected chi connectivity index (χ2v) is 4.54. The second-order valence-electron chi connectivity index (χ2n) is 4.54. The SMILES string of the molecule is CCCCc1cc(C)c(=O)oc1-c1ccccc1. The van der Waals surface area contributed by atoms with E-state index in [2.05, 4.69) is 6.92 Å². The number of aryl methyl sites for hydroxylation is 2. The Bertz CT molecular complexity index is 567. The third-order valence-electron chi connectivity index (χ3n) is 3.03. The monoisotopic (exact) mass is 242 g/mol. The highest BCUT2D eigenvalue weighted by Crippen LogP contribution is 2.24. The first-order valence-corrected chi connectivity index (χ1v) is 6.41. The van der Waals surface area contributed by atoms with Gasteiger partial charge >= 0.3 is 5.63 Å². The number of unbranched alkanes of at least 4 members (excludes halogenated alkanes) is 1. The van der Waals surface area contributed by atoms with Crippen LogP contribution in [0.15, 0.2) is 45.6 Å². The summed E-state index contributed by atoms with van der Waals surface area (Å²) in [6, 6.07) is 11.8. The van der Waals surface area contributed by atoms with E-state index in [0.29, 0.717) is 5.56 Å². The van der Waals surface area contributed by atoms with Gasteiger partial charge in [-0.25, -0.2) is 4.79 Å². The van der Waals surface area contributed by atoms with Crippen LogP contribution in [-0.2, 0) is 6.42 Å². The van der Waals surface area contributed by atoms with Gasteiger partial charge in [-0.15, -0.1) is 0 Å². The number of benzene rings is 1. The van der Waals surface area contributed by atoms with Crippen molar-refractivity contribution in [3.8, 4) is 11.3 Å². The standard InChI is InChI=1S/C16H18O2/c1-3-4-8-14-11-12(2)16(17)18-15(14)13-9-6-5-7-10-13/h5-7,9-11H,3-4,8H2,1-2H3. The van der Waals surface area contributed by atoms with E-state index in [1.165, 1.54) is 0 Å². The molecule has 2 nitrogen and oxygen atoms in total. The largest absolute Gasteiger partial charge is 0.422 e. The van der Waals surface area contributed by atoms with Crippen molar-refractivity contribution in [2.45, 2.75) is 33.1 Å². The van der Waals surface area contributed by atoms with Crippen molar-refractivity contribution in [3.05, 3.63) is 57.9 Å². The highest BCUT2D eigenvalue weighted by Gasteiger charge is 2.10. The predicted molar refractivity (Wildman–Crippen MR) is 73.8 cm³/mol. The smallest absolute Gasteiger partial charge is 0.339 e. The van der Waals surface area contributed by atoms with E-state index >= 15 is 0 Å². The lowest BCUT2D eigenvalue weighted by atomic mass is 10.0. The molecule has 0 bridgehead atoms. The Hall–Kier alpha value is -1.83. The molecule has 2 rings (SSSR count). The summed E-state index contributed by atoms with van der Waals surface area (Å²) in [6.07, 6.45) is 3.19. The summed E-state index contributed by atoms with van der Waals surface area (Å²) in [6.45, 7) is 3.96. The first-order valence-electron chi connectivity index (χ1n) is 6.41. The van der Waals surface area contributed by atoms with Gasteiger partial charge < -0.3 is 4.42 Å². The van der Waals surface area contributed by atoms with Gasteiger partial charge in [0.1, 0.15) is 5.76 Å². The van der Waals surface area contributed by atoms with Crippen molar-refractivity contribution < 1.29 is 4.42 Å². The minimum Gasteiger partial charge on any atom is -0.422 e. The highest BCUT2D eigenvalue weighted by molar-refractivity contribution is 5.61. The van der Waals surface area contributed by atoms with E-state index in [1.54, 1.807) is 6.92 Å². The summed E-state index contributed by atoms with van der Waals surface area (Å²) in [5, 5.41) is 0. The quantitative estimate of drug-likeness (QED) is 0.812. The van der Waals surface area contributed by atoms with E-state index in [1.807, 2.05) is 36.4 Å². The Labute approximate surface area is 107 Å². The molecule has 0 aliphatic carbocycles. The van der Waals surface area contributed by atoms with Gasteiger partial charge in [0, 0.05) is 11.1 Å². The van der Waals surface area contributed by atoms with Crippen LogP contribution in [0.4, 0.5) is 0 Å². The lowest BCUT2D eigenvalue weighted by Crippen LogP contribution is -2.06. The van der Waals surface area contributed by atoms with Gasteiger partial charge in [-0.3, -0.25) is 0 Å². The highest BCUT2D eigenvalue weighted by atomic mass is 16.4.